The fourth-order valence-corrected chi connectivity index (χ4v) is 2.43. The van der Waals surface area contributed by atoms with E-state index in [-0.39, 0.29) is 0 Å². The number of carbonyl (C=O) groups is 1. The number of hydrogen-bond acceptors (Lipinski definition) is 1. The van der Waals surface area contributed by atoms with Gasteiger partial charge < -0.3 is 5.11 Å². The SMILES string of the molecule is CC[C@@H](C(=O)O)c1ccc(-c2ccc(Cl)c(Cl)c2)cc1. The number of halogens is 2. The van der Waals surface area contributed by atoms with E-state index in [9.17, 15) is 4.79 Å². The van der Waals surface area contributed by atoms with Crippen LogP contribution in [0.15, 0.2) is 42.5 Å². The molecule has 2 nitrogen and oxygen atoms in total. The molecule has 1 N–H and O–H groups in total. The van der Waals surface area contributed by atoms with Gasteiger partial charge in [0.25, 0.3) is 0 Å². The summed E-state index contributed by atoms with van der Waals surface area (Å²) < 4.78 is 0. The summed E-state index contributed by atoms with van der Waals surface area (Å²) in [7, 11) is 0. The molecule has 0 spiro atoms. The molecule has 0 saturated heterocycles. The Morgan fingerprint density at radius 3 is 2.15 bits per heavy atom. The first-order chi connectivity index (χ1) is 9.52. The molecule has 0 unspecified atom stereocenters. The number of hydrogen-bond donors (Lipinski definition) is 1. The van der Waals surface area contributed by atoms with Crippen LogP contribution in [0.1, 0.15) is 24.8 Å². The van der Waals surface area contributed by atoms with E-state index in [0.717, 1.165) is 16.7 Å². The number of carboxylic acids is 1. The van der Waals surface area contributed by atoms with E-state index in [4.69, 9.17) is 28.3 Å². The van der Waals surface area contributed by atoms with E-state index in [1.165, 1.54) is 0 Å². The summed E-state index contributed by atoms with van der Waals surface area (Å²) >= 11 is 11.9. The molecule has 1 atom stereocenters. The third-order valence-electron chi connectivity index (χ3n) is 3.27. The highest BCUT2D eigenvalue weighted by Crippen LogP contribution is 2.29. The molecule has 2 aromatic rings. The van der Waals surface area contributed by atoms with Crippen LogP contribution in [0.3, 0.4) is 0 Å². The molecule has 0 saturated carbocycles. The normalized spacial score (nSPS) is 12.2. The maximum atomic E-state index is 11.1. The van der Waals surface area contributed by atoms with E-state index in [1.807, 2.05) is 37.3 Å². The minimum absolute atomic E-state index is 0.460. The van der Waals surface area contributed by atoms with Gasteiger partial charge in [0.2, 0.25) is 0 Å². The molecule has 0 aliphatic rings. The minimum atomic E-state index is -0.796. The van der Waals surface area contributed by atoms with Crippen LogP contribution in [0.2, 0.25) is 10.0 Å². The van der Waals surface area contributed by atoms with Gasteiger partial charge in [-0.05, 0) is 35.2 Å². The van der Waals surface area contributed by atoms with Crippen molar-refractivity contribution in [2.75, 3.05) is 0 Å². The smallest absolute Gasteiger partial charge is 0.310 e. The molecule has 4 heteroatoms. The fourth-order valence-electron chi connectivity index (χ4n) is 2.14. The molecule has 0 heterocycles. The number of rotatable bonds is 4. The average Bonchev–Trinajstić information content (AvgIpc) is 2.43. The van der Waals surface area contributed by atoms with Crippen molar-refractivity contribution in [1.82, 2.24) is 0 Å². The predicted molar refractivity (Wildman–Crippen MR) is 82.6 cm³/mol. The van der Waals surface area contributed by atoms with Crippen LogP contribution in [-0.2, 0) is 4.79 Å². The Morgan fingerprint density at radius 2 is 1.65 bits per heavy atom. The number of aliphatic carboxylic acids is 1. The Labute approximate surface area is 128 Å². The average molecular weight is 309 g/mol. The summed E-state index contributed by atoms with van der Waals surface area (Å²) in [6, 6.07) is 12.9. The first-order valence-electron chi connectivity index (χ1n) is 6.31. The Kier molecular flexibility index (Phi) is 4.69. The van der Waals surface area contributed by atoms with Gasteiger partial charge in [-0.1, -0.05) is 60.5 Å². The van der Waals surface area contributed by atoms with Crippen LogP contribution < -0.4 is 0 Å². The summed E-state index contributed by atoms with van der Waals surface area (Å²) in [4.78, 5) is 11.1. The molecule has 0 bridgehead atoms. The standard InChI is InChI=1S/C16H14Cl2O2/c1-2-13(16(19)20)11-5-3-10(4-6-11)12-7-8-14(17)15(18)9-12/h3-9,13H,2H2,1H3,(H,19,20)/t13-/m1/s1. The first kappa shape index (κ1) is 14.9. The molecule has 0 aromatic heterocycles. The predicted octanol–water partition coefficient (Wildman–Crippen LogP) is 5.24. The lowest BCUT2D eigenvalue weighted by molar-refractivity contribution is -0.138. The second-order valence-electron chi connectivity index (χ2n) is 4.55. The lowest BCUT2D eigenvalue weighted by Gasteiger charge is -2.11. The van der Waals surface area contributed by atoms with Gasteiger partial charge in [-0.3, -0.25) is 4.79 Å². The van der Waals surface area contributed by atoms with E-state index in [2.05, 4.69) is 0 Å². The molecule has 20 heavy (non-hydrogen) atoms. The van der Waals surface area contributed by atoms with Gasteiger partial charge in [0.1, 0.15) is 0 Å². The van der Waals surface area contributed by atoms with Crippen molar-refractivity contribution in [3.63, 3.8) is 0 Å². The third kappa shape index (κ3) is 3.14. The van der Waals surface area contributed by atoms with Crippen molar-refractivity contribution >= 4 is 29.2 Å². The molecule has 0 amide bonds. The minimum Gasteiger partial charge on any atom is -0.481 e. The molecule has 104 valence electrons. The number of benzene rings is 2. The highest BCUT2D eigenvalue weighted by Gasteiger charge is 2.17. The maximum absolute atomic E-state index is 11.1. The molecule has 0 aliphatic carbocycles. The lowest BCUT2D eigenvalue weighted by Crippen LogP contribution is -2.10. The summed E-state index contributed by atoms with van der Waals surface area (Å²) in [5.41, 5.74) is 2.74. The largest absolute Gasteiger partial charge is 0.481 e. The Bertz CT molecular complexity index is 621. The van der Waals surface area contributed by atoms with Crippen molar-refractivity contribution in [3.05, 3.63) is 58.1 Å². The first-order valence-corrected chi connectivity index (χ1v) is 7.06. The van der Waals surface area contributed by atoms with Crippen molar-refractivity contribution in [2.24, 2.45) is 0 Å². The summed E-state index contributed by atoms with van der Waals surface area (Å²) in [6.45, 7) is 1.87. The van der Waals surface area contributed by atoms with Crippen LogP contribution in [0.5, 0.6) is 0 Å². The third-order valence-corrected chi connectivity index (χ3v) is 4.01. The van der Waals surface area contributed by atoms with Gasteiger partial charge in [-0.2, -0.15) is 0 Å². The highest BCUT2D eigenvalue weighted by molar-refractivity contribution is 6.42. The Balaban J connectivity index is 2.32. The van der Waals surface area contributed by atoms with Crippen molar-refractivity contribution in [1.29, 1.82) is 0 Å². The van der Waals surface area contributed by atoms with Crippen LogP contribution >= 0.6 is 23.2 Å². The zero-order valence-corrected chi connectivity index (χ0v) is 12.4. The van der Waals surface area contributed by atoms with Gasteiger partial charge >= 0.3 is 5.97 Å². The van der Waals surface area contributed by atoms with Gasteiger partial charge in [0, 0.05) is 0 Å². The Hall–Kier alpha value is -1.51. The van der Waals surface area contributed by atoms with Gasteiger partial charge in [0.05, 0.1) is 16.0 Å². The summed E-state index contributed by atoms with van der Waals surface area (Å²) in [5, 5.41) is 10.2. The summed E-state index contributed by atoms with van der Waals surface area (Å²) in [5.74, 6) is -1.26. The zero-order chi connectivity index (χ0) is 14.7. The molecular weight excluding hydrogens is 295 g/mol. The van der Waals surface area contributed by atoms with Gasteiger partial charge in [0.15, 0.2) is 0 Å². The highest BCUT2D eigenvalue weighted by atomic mass is 35.5. The second kappa shape index (κ2) is 6.29. The molecule has 0 fully saturated rings. The quantitative estimate of drug-likeness (QED) is 0.838. The van der Waals surface area contributed by atoms with E-state index < -0.39 is 11.9 Å². The van der Waals surface area contributed by atoms with E-state index in [1.54, 1.807) is 12.1 Å². The second-order valence-corrected chi connectivity index (χ2v) is 5.36. The van der Waals surface area contributed by atoms with Crippen LogP contribution in [0.25, 0.3) is 11.1 Å². The van der Waals surface area contributed by atoms with E-state index >= 15 is 0 Å². The van der Waals surface area contributed by atoms with Crippen molar-refractivity contribution in [3.8, 4) is 11.1 Å². The molecular formula is C16H14Cl2O2. The molecule has 0 aliphatic heterocycles. The monoisotopic (exact) mass is 308 g/mol. The zero-order valence-electron chi connectivity index (χ0n) is 10.9. The van der Waals surface area contributed by atoms with Crippen LogP contribution in [0.4, 0.5) is 0 Å². The van der Waals surface area contributed by atoms with Crippen molar-refractivity contribution < 1.29 is 9.90 Å². The van der Waals surface area contributed by atoms with Gasteiger partial charge in [-0.15, -0.1) is 0 Å². The number of carboxylic acid groups (broad SMARTS) is 1. The van der Waals surface area contributed by atoms with Crippen LogP contribution in [0, 0.1) is 0 Å². The lowest BCUT2D eigenvalue weighted by atomic mass is 9.94. The van der Waals surface area contributed by atoms with E-state index in [0.29, 0.717) is 16.5 Å². The summed E-state index contributed by atoms with van der Waals surface area (Å²) in [6.07, 6.45) is 0.571. The van der Waals surface area contributed by atoms with Crippen LogP contribution in [-0.4, -0.2) is 11.1 Å². The topological polar surface area (TPSA) is 37.3 Å². The molecule has 2 rings (SSSR count). The molecule has 2 aromatic carbocycles. The fraction of sp³-hybridized carbons (Fsp3) is 0.188. The van der Waals surface area contributed by atoms with Crippen molar-refractivity contribution in [2.45, 2.75) is 19.3 Å². The Morgan fingerprint density at radius 1 is 1.05 bits per heavy atom. The molecule has 0 radical (unpaired) electrons. The van der Waals surface area contributed by atoms with Gasteiger partial charge in [-0.25, -0.2) is 0 Å². The maximum Gasteiger partial charge on any atom is 0.310 e.